The molecule has 1 aromatic carbocycles. The molecule has 114 valence electrons. The molecule has 1 aliphatic carbocycles. The van der Waals surface area contributed by atoms with Gasteiger partial charge in [0, 0.05) is 24.6 Å². The molecule has 1 N–H and O–H groups in total. The van der Waals surface area contributed by atoms with E-state index in [0.29, 0.717) is 0 Å². The van der Waals surface area contributed by atoms with Crippen molar-refractivity contribution in [3.05, 3.63) is 47.0 Å². The molecule has 0 radical (unpaired) electrons. The van der Waals surface area contributed by atoms with Crippen molar-refractivity contribution in [2.24, 2.45) is 0 Å². The summed E-state index contributed by atoms with van der Waals surface area (Å²) in [6, 6.07) is 6.20. The molecule has 0 saturated carbocycles. The predicted octanol–water partition coefficient (Wildman–Crippen LogP) is 2.31. The highest BCUT2D eigenvalue weighted by molar-refractivity contribution is 5.96. The minimum atomic E-state index is 0.181. The lowest BCUT2D eigenvalue weighted by Crippen LogP contribution is -2.30. The van der Waals surface area contributed by atoms with Gasteiger partial charge in [-0.05, 0) is 49.3 Å². The van der Waals surface area contributed by atoms with Gasteiger partial charge in [-0.15, -0.1) is 0 Å². The molecule has 5 heteroatoms. The van der Waals surface area contributed by atoms with Crippen LogP contribution in [0.1, 0.15) is 52.5 Å². The molecule has 1 aliphatic heterocycles. The van der Waals surface area contributed by atoms with Crippen molar-refractivity contribution in [2.45, 2.75) is 38.0 Å². The smallest absolute Gasteiger partial charge is 0.254 e. The lowest BCUT2D eigenvalue weighted by atomic mass is 9.88. The van der Waals surface area contributed by atoms with Gasteiger partial charge in [0.25, 0.3) is 5.91 Å². The van der Waals surface area contributed by atoms with E-state index >= 15 is 0 Å². The van der Waals surface area contributed by atoms with E-state index in [-0.39, 0.29) is 11.8 Å². The lowest BCUT2D eigenvalue weighted by Gasteiger charge is -2.22. The fourth-order valence-electron chi connectivity index (χ4n) is 3.73. The molecular formula is C17H20N4O. The molecule has 4 rings (SSSR count). The van der Waals surface area contributed by atoms with Crippen molar-refractivity contribution in [3.63, 3.8) is 0 Å². The molecule has 0 spiro atoms. The molecule has 22 heavy (non-hydrogen) atoms. The molecule has 2 aromatic rings. The summed E-state index contributed by atoms with van der Waals surface area (Å²) in [5.41, 5.74) is 3.56. The summed E-state index contributed by atoms with van der Waals surface area (Å²) in [6.45, 7) is 1.53. The Morgan fingerprint density at radius 1 is 1.27 bits per heavy atom. The third-order valence-corrected chi connectivity index (χ3v) is 4.92. The zero-order valence-electron chi connectivity index (χ0n) is 12.6. The zero-order chi connectivity index (χ0) is 14.9. The van der Waals surface area contributed by atoms with E-state index in [1.165, 1.54) is 30.3 Å². The van der Waals surface area contributed by atoms with E-state index in [1.54, 1.807) is 0 Å². The normalized spacial score (nSPS) is 20.9. The van der Waals surface area contributed by atoms with E-state index in [2.05, 4.69) is 21.2 Å². The topological polar surface area (TPSA) is 61.9 Å². The van der Waals surface area contributed by atoms with Crippen LogP contribution in [0.25, 0.3) is 0 Å². The van der Waals surface area contributed by atoms with Gasteiger partial charge in [-0.1, -0.05) is 12.1 Å². The van der Waals surface area contributed by atoms with E-state index in [0.717, 1.165) is 43.7 Å². The number of hydrogen-bond acceptors (Lipinski definition) is 3. The maximum atomic E-state index is 12.9. The molecule has 1 saturated heterocycles. The molecule has 0 bridgehead atoms. The Morgan fingerprint density at radius 2 is 2.18 bits per heavy atom. The molecule has 5 nitrogen and oxygen atoms in total. The SMILES string of the molecule is O=C(c1cccc2c1CCCC2)N1CCC(c2ncn[nH]2)C1. The van der Waals surface area contributed by atoms with Gasteiger partial charge in [-0.2, -0.15) is 5.10 Å². The Hall–Kier alpha value is -2.17. The van der Waals surface area contributed by atoms with Crippen LogP contribution in [0.4, 0.5) is 0 Å². The Labute approximate surface area is 129 Å². The Balaban J connectivity index is 1.56. The first-order valence-electron chi connectivity index (χ1n) is 8.08. The summed E-state index contributed by atoms with van der Waals surface area (Å²) in [4.78, 5) is 19.1. The van der Waals surface area contributed by atoms with Crippen LogP contribution in [-0.2, 0) is 12.8 Å². The summed E-state index contributed by atoms with van der Waals surface area (Å²) in [7, 11) is 0. The minimum Gasteiger partial charge on any atom is -0.338 e. The summed E-state index contributed by atoms with van der Waals surface area (Å²) >= 11 is 0. The van der Waals surface area contributed by atoms with Crippen molar-refractivity contribution >= 4 is 5.91 Å². The third kappa shape index (κ3) is 2.30. The standard InChI is InChI=1S/C17H20N4O/c22-17(15-7-3-5-12-4-1-2-6-14(12)15)21-9-8-13(10-21)16-18-11-19-20-16/h3,5,7,11,13H,1-2,4,6,8-10H2,(H,18,19,20). The molecule has 1 fully saturated rings. The van der Waals surface area contributed by atoms with E-state index < -0.39 is 0 Å². The average molecular weight is 296 g/mol. The number of aromatic nitrogens is 3. The summed E-state index contributed by atoms with van der Waals surface area (Å²) < 4.78 is 0. The Bertz CT molecular complexity index is 680. The van der Waals surface area contributed by atoms with Gasteiger partial charge >= 0.3 is 0 Å². The van der Waals surface area contributed by atoms with Gasteiger partial charge in [0.1, 0.15) is 12.2 Å². The first kappa shape index (κ1) is 13.5. The second-order valence-electron chi connectivity index (χ2n) is 6.26. The summed E-state index contributed by atoms with van der Waals surface area (Å²) in [5, 5.41) is 6.84. The molecule has 2 heterocycles. The van der Waals surface area contributed by atoms with Gasteiger partial charge in [0.15, 0.2) is 0 Å². The third-order valence-electron chi connectivity index (χ3n) is 4.92. The number of carbonyl (C=O) groups is 1. The molecule has 1 aromatic heterocycles. The number of H-pyrrole nitrogens is 1. The molecular weight excluding hydrogens is 276 g/mol. The monoisotopic (exact) mass is 296 g/mol. The lowest BCUT2D eigenvalue weighted by molar-refractivity contribution is 0.0789. The molecule has 1 atom stereocenters. The number of aryl methyl sites for hydroxylation is 1. The number of aromatic amines is 1. The number of benzene rings is 1. The maximum absolute atomic E-state index is 12.9. The number of hydrogen-bond donors (Lipinski definition) is 1. The minimum absolute atomic E-state index is 0.181. The van der Waals surface area contributed by atoms with Gasteiger partial charge in [-0.3, -0.25) is 9.89 Å². The Kier molecular flexibility index (Phi) is 3.41. The fraction of sp³-hybridized carbons (Fsp3) is 0.471. The van der Waals surface area contributed by atoms with Crippen LogP contribution in [0, 0.1) is 0 Å². The van der Waals surface area contributed by atoms with Crippen LogP contribution >= 0.6 is 0 Å². The molecule has 1 amide bonds. The number of amides is 1. The summed E-state index contributed by atoms with van der Waals surface area (Å²) in [5.74, 6) is 1.36. The van der Waals surface area contributed by atoms with Crippen LogP contribution in [0.15, 0.2) is 24.5 Å². The number of likely N-dealkylation sites (tertiary alicyclic amines) is 1. The maximum Gasteiger partial charge on any atom is 0.254 e. The molecule has 1 unspecified atom stereocenters. The van der Waals surface area contributed by atoms with Gasteiger partial charge in [0.05, 0.1) is 0 Å². The van der Waals surface area contributed by atoms with E-state index in [4.69, 9.17) is 0 Å². The first-order chi connectivity index (χ1) is 10.8. The van der Waals surface area contributed by atoms with Crippen LogP contribution in [0.3, 0.4) is 0 Å². The average Bonchev–Trinajstić information content (AvgIpc) is 3.24. The largest absolute Gasteiger partial charge is 0.338 e. The van der Waals surface area contributed by atoms with Gasteiger partial charge in [-0.25, -0.2) is 4.98 Å². The van der Waals surface area contributed by atoms with Crippen molar-refractivity contribution in [3.8, 4) is 0 Å². The zero-order valence-corrected chi connectivity index (χ0v) is 12.6. The predicted molar refractivity (Wildman–Crippen MR) is 82.7 cm³/mol. The number of nitrogens with zero attached hydrogens (tertiary/aromatic N) is 3. The number of fused-ring (bicyclic) bond motifs is 1. The highest BCUT2D eigenvalue weighted by Crippen LogP contribution is 2.29. The highest BCUT2D eigenvalue weighted by Gasteiger charge is 2.31. The second-order valence-corrected chi connectivity index (χ2v) is 6.26. The number of rotatable bonds is 2. The Morgan fingerprint density at radius 3 is 3.05 bits per heavy atom. The fourth-order valence-corrected chi connectivity index (χ4v) is 3.73. The van der Waals surface area contributed by atoms with Gasteiger partial charge < -0.3 is 4.90 Å². The van der Waals surface area contributed by atoms with Crippen LogP contribution in [0.5, 0.6) is 0 Å². The molecule has 2 aliphatic rings. The van der Waals surface area contributed by atoms with Gasteiger partial charge in [0.2, 0.25) is 0 Å². The van der Waals surface area contributed by atoms with Crippen molar-refractivity contribution < 1.29 is 4.79 Å². The van der Waals surface area contributed by atoms with E-state index in [1.807, 2.05) is 17.0 Å². The van der Waals surface area contributed by atoms with Crippen LogP contribution in [0.2, 0.25) is 0 Å². The van der Waals surface area contributed by atoms with Crippen molar-refractivity contribution in [1.29, 1.82) is 0 Å². The van der Waals surface area contributed by atoms with Crippen molar-refractivity contribution in [2.75, 3.05) is 13.1 Å². The second kappa shape index (κ2) is 5.55. The first-order valence-corrected chi connectivity index (χ1v) is 8.08. The van der Waals surface area contributed by atoms with E-state index in [9.17, 15) is 4.79 Å². The van der Waals surface area contributed by atoms with Crippen molar-refractivity contribution in [1.82, 2.24) is 20.1 Å². The number of nitrogens with one attached hydrogen (secondary N) is 1. The van der Waals surface area contributed by atoms with Crippen LogP contribution < -0.4 is 0 Å². The highest BCUT2D eigenvalue weighted by atomic mass is 16.2. The quantitative estimate of drug-likeness (QED) is 0.925. The number of carbonyl (C=O) groups excluding carboxylic acids is 1. The van der Waals surface area contributed by atoms with Crippen LogP contribution in [-0.4, -0.2) is 39.1 Å². The summed E-state index contributed by atoms with van der Waals surface area (Å²) in [6.07, 6.45) is 7.07.